The molecule has 3 aromatic rings. The van der Waals surface area contributed by atoms with Crippen LogP contribution in [0.5, 0.6) is 0 Å². The highest BCUT2D eigenvalue weighted by atomic mass is 32.1. The van der Waals surface area contributed by atoms with Crippen LogP contribution >= 0.6 is 11.3 Å². The highest BCUT2D eigenvalue weighted by Crippen LogP contribution is 2.27. The fourth-order valence-corrected chi connectivity index (χ4v) is 3.26. The number of hydrogen-bond donors (Lipinski definition) is 1. The molecular weight excluding hydrogens is 308 g/mol. The minimum absolute atomic E-state index is 0.0988. The summed E-state index contributed by atoms with van der Waals surface area (Å²) < 4.78 is 2.01. The van der Waals surface area contributed by atoms with Crippen molar-refractivity contribution >= 4 is 17.2 Å². The minimum atomic E-state index is -0.0988. The van der Waals surface area contributed by atoms with Crippen LogP contribution in [-0.2, 0) is 13.1 Å². The first-order valence-corrected chi connectivity index (χ1v) is 8.30. The Labute approximate surface area is 139 Å². The molecule has 1 amide bonds. The second kappa shape index (κ2) is 6.75. The van der Waals surface area contributed by atoms with E-state index in [0.717, 1.165) is 28.5 Å². The maximum Gasteiger partial charge on any atom is 0.263 e. The van der Waals surface area contributed by atoms with Crippen molar-refractivity contribution in [3.8, 4) is 11.3 Å². The molecule has 1 N–H and O–H groups in total. The van der Waals surface area contributed by atoms with E-state index < -0.39 is 0 Å². The number of aromatic nitrogens is 3. The van der Waals surface area contributed by atoms with Gasteiger partial charge in [0.25, 0.3) is 5.91 Å². The highest BCUT2D eigenvalue weighted by molar-refractivity contribution is 7.14. The second-order valence-electron chi connectivity index (χ2n) is 5.13. The lowest BCUT2D eigenvalue weighted by atomic mass is 10.1. The third-order valence-electron chi connectivity index (χ3n) is 3.56. The van der Waals surface area contributed by atoms with Crippen molar-refractivity contribution in [1.29, 1.82) is 0 Å². The van der Waals surface area contributed by atoms with Gasteiger partial charge in [-0.05, 0) is 13.8 Å². The summed E-state index contributed by atoms with van der Waals surface area (Å²) in [5.74, 6) is -0.0988. The number of hydrogen-bond acceptors (Lipinski definition) is 4. The average molecular weight is 326 g/mol. The molecule has 0 fully saturated rings. The topological polar surface area (TPSA) is 59.8 Å². The van der Waals surface area contributed by atoms with Gasteiger partial charge in [-0.15, -0.1) is 11.3 Å². The SMILES string of the molecule is CCn1cncc1CNC(=O)c1sc(C)nc1-c1ccccc1. The van der Waals surface area contributed by atoms with Crippen molar-refractivity contribution in [2.24, 2.45) is 0 Å². The fourth-order valence-electron chi connectivity index (χ4n) is 2.40. The Balaban J connectivity index is 1.80. The first-order valence-electron chi connectivity index (χ1n) is 7.49. The third kappa shape index (κ3) is 3.32. The van der Waals surface area contributed by atoms with E-state index in [4.69, 9.17) is 0 Å². The summed E-state index contributed by atoms with van der Waals surface area (Å²) in [5, 5.41) is 3.85. The van der Waals surface area contributed by atoms with Crippen LogP contribution in [0.25, 0.3) is 11.3 Å². The van der Waals surface area contributed by atoms with E-state index in [1.807, 2.05) is 48.7 Å². The first kappa shape index (κ1) is 15.4. The fraction of sp³-hybridized carbons (Fsp3) is 0.235. The van der Waals surface area contributed by atoms with E-state index >= 15 is 0 Å². The van der Waals surface area contributed by atoms with Gasteiger partial charge < -0.3 is 9.88 Å². The Kier molecular flexibility index (Phi) is 4.52. The first-order chi connectivity index (χ1) is 11.2. The van der Waals surface area contributed by atoms with E-state index in [2.05, 4.69) is 15.3 Å². The number of imidazole rings is 1. The van der Waals surface area contributed by atoms with Gasteiger partial charge >= 0.3 is 0 Å². The molecule has 0 saturated carbocycles. The molecule has 6 heteroatoms. The highest BCUT2D eigenvalue weighted by Gasteiger charge is 2.18. The van der Waals surface area contributed by atoms with Gasteiger partial charge in [-0.2, -0.15) is 0 Å². The predicted molar refractivity (Wildman–Crippen MR) is 91.4 cm³/mol. The summed E-state index contributed by atoms with van der Waals surface area (Å²) in [7, 11) is 0. The third-order valence-corrected chi connectivity index (χ3v) is 4.53. The van der Waals surface area contributed by atoms with E-state index in [9.17, 15) is 4.79 Å². The Bertz CT molecular complexity index is 807. The molecule has 2 heterocycles. The minimum Gasteiger partial charge on any atom is -0.346 e. The smallest absolute Gasteiger partial charge is 0.263 e. The van der Waals surface area contributed by atoms with Crippen molar-refractivity contribution in [2.75, 3.05) is 0 Å². The van der Waals surface area contributed by atoms with Gasteiger partial charge in [0, 0.05) is 18.3 Å². The van der Waals surface area contributed by atoms with Crippen molar-refractivity contribution in [3.05, 3.63) is 58.4 Å². The number of nitrogens with one attached hydrogen (secondary N) is 1. The molecule has 2 aromatic heterocycles. The Morgan fingerprint density at radius 3 is 2.83 bits per heavy atom. The molecule has 0 saturated heterocycles. The number of thiazole rings is 1. The van der Waals surface area contributed by atoms with Gasteiger partial charge in [-0.3, -0.25) is 4.79 Å². The van der Waals surface area contributed by atoms with Crippen LogP contribution in [0.15, 0.2) is 42.9 Å². The maximum absolute atomic E-state index is 12.6. The Morgan fingerprint density at radius 2 is 2.09 bits per heavy atom. The zero-order valence-corrected chi connectivity index (χ0v) is 13.9. The number of nitrogens with zero attached hydrogens (tertiary/aromatic N) is 3. The molecule has 0 unspecified atom stereocenters. The molecule has 5 nitrogen and oxygen atoms in total. The molecule has 0 bridgehead atoms. The van der Waals surface area contributed by atoms with Gasteiger partial charge in [-0.1, -0.05) is 30.3 Å². The largest absolute Gasteiger partial charge is 0.346 e. The van der Waals surface area contributed by atoms with E-state index in [1.165, 1.54) is 11.3 Å². The standard InChI is InChI=1S/C17H18N4OS/c1-3-21-11-18-9-14(21)10-19-17(22)16-15(20-12(2)23-16)13-7-5-4-6-8-13/h4-9,11H,3,10H2,1-2H3,(H,19,22). The molecular formula is C17H18N4OS. The lowest BCUT2D eigenvalue weighted by Gasteiger charge is -2.07. The van der Waals surface area contributed by atoms with Gasteiger partial charge in [0.1, 0.15) is 4.88 Å². The number of amides is 1. The van der Waals surface area contributed by atoms with Crippen molar-refractivity contribution in [3.63, 3.8) is 0 Å². The van der Waals surface area contributed by atoms with Crippen molar-refractivity contribution in [2.45, 2.75) is 26.9 Å². The van der Waals surface area contributed by atoms with Gasteiger partial charge in [0.2, 0.25) is 0 Å². The summed E-state index contributed by atoms with van der Waals surface area (Å²) >= 11 is 1.42. The Hall–Kier alpha value is -2.47. The predicted octanol–water partition coefficient (Wildman–Crippen LogP) is 3.26. The summed E-state index contributed by atoms with van der Waals surface area (Å²) in [6.07, 6.45) is 3.55. The number of carbonyl (C=O) groups is 1. The van der Waals surface area contributed by atoms with Gasteiger partial charge in [0.05, 0.1) is 29.3 Å². The zero-order chi connectivity index (χ0) is 16.2. The molecule has 118 valence electrons. The Morgan fingerprint density at radius 1 is 1.30 bits per heavy atom. The lowest BCUT2D eigenvalue weighted by molar-refractivity contribution is 0.0954. The molecule has 1 aromatic carbocycles. The van der Waals surface area contributed by atoms with Crippen LogP contribution in [-0.4, -0.2) is 20.4 Å². The number of rotatable bonds is 5. The van der Waals surface area contributed by atoms with Crippen LogP contribution in [0.1, 0.15) is 27.3 Å². The number of carbonyl (C=O) groups excluding carboxylic acids is 1. The van der Waals surface area contributed by atoms with Crippen LogP contribution in [0.4, 0.5) is 0 Å². The summed E-state index contributed by atoms with van der Waals surface area (Å²) in [6.45, 7) is 5.26. The molecule has 0 aliphatic heterocycles. The molecule has 0 aliphatic rings. The number of aryl methyl sites for hydroxylation is 2. The maximum atomic E-state index is 12.6. The summed E-state index contributed by atoms with van der Waals surface area (Å²) in [5.41, 5.74) is 2.69. The second-order valence-corrected chi connectivity index (χ2v) is 6.33. The molecule has 3 rings (SSSR count). The van der Waals surface area contributed by atoms with E-state index in [1.54, 1.807) is 12.5 Å². The average Bonchev–Trinajstić information content (AvgIpc) is 3.19. The quantitative estimate of drug-likeness (QED) is 0.783. The van der Waals surface area contributed by atoms with Crippen LogP contribution in [0, 0.1) is 6.92 Å². The van der Waals surface area contributed by atoms with Crippen LogP contribution in [0.3, 0.4) is 0 Å². The molecule has 0 aliphatic carbocycles. The lowest BCUT2D eigenvalue weighted by Crippen LogP contribution is -2.23. The van der Waals surface area contributed by atoms with E-state index in [-0.39, 0.29) is 5.91 Å². The normalized spacial score (nSPS) is 10.7. The molecule has 0 radical (unpaired) electrons. The van der Waals surface area contributed by atoms with E-state index in [0.29, 0.717) is 11.4 Å². The van der Waals surface area contributed by atoms with Crippen molar-refractivity contribution in [1.82, 2.24) is 19.9 Å². The molecule has 23 heavy (non-hydrogen) atoms. The number of benzene rings is 1. The zero-order valence-electron chi connectivity index (χ0n) is 13.1. The van der Waals surface area contributed by atoms with Crippen LogP contribution in [0.2, 0.25) is 0 Å². The summed E-state index contributed by atoms with van der Waals surface area (Å²) in [6, 6.07) is 9.79. The summed E-state index contributed by atoms with van der Waals surface area (Å²) in [4.78, 5) is 21.9. The van der Waals surface area contributed by atoms with Gasteiger partial charge in [-0.25, -0.2) is 9.97 Å². The molecule has 0 atom stereocenters. The van der Waals surface area contributed by atoms with Crippen molar-refractivity contribution < 1.29 is 4.79 Å². The van der Waals surface area contributed by atoms with Crippen LogP contribution < -0.4 is 5.32 Å². The monoisotopic (exact) mass is 326 g/mol. The molecule has 0 spiro atoms. The van der Waals surface area contributed by atoms with Gasteiger partial charge in [0.15, 0.2) is 0 Å².